The molecule has 1 rings (SSSR count). The number of rotatable bonds is 3. The van der Waals surface area contributed by atoms with Crippen LogP contribution in [0.25, 0.3) is 0 Å². The van der Waals surface area contributed by atoms with E-state index in [4.69, 9.17) is 0 Å². The third kappa shape index (κ3) is 2.26. The van der Waals surface area contributed by atoms with E-state index in [-0.39, 0.29) is 0 Å². The molecule has 0 bridgehead atoms. The lowest BCUT2D eigenvalue weighted by atomic mass is 10.2. The van der Waals surface area contributed by atoms with Crippen molar-refractivity contribution in [2.45, 2.75) is 20.8 Å². The number of nitrogens with one attached hydrogen (secondary N) is 1. The SMILES string of the molecule is Cc1nn(C)cc1NCC(C)C. The molecular weight excluding hydrogens is 150 g/mol. The molecule has 3 nitrogen and oxygen atoms in total. The summed E-state index contributed by atoms with van der Waals surface area (Å²) in [5.74, 6) is 0.671. The zero-order chi connectivity index (χ0) is 9.14. The number of hydrogen-bond acceptors (Lipinski definition) is 2. The van der Waals surface area contributed by atoms with Crippen LogP contribution in [0.1, 0.15) is 19.5 Å². The van der Waals surface area contributed by atoms with Crippen LogP contribution in [0, 0.1) is 12.8 Å². The Balaban J connectivity index is 2.57. The average molecular weight is 167 g/mol. The lowest BCUT2D eigenvalue weighted by molar-refractivity contribution is 0.688. The van der Waals surface area contributed by atoms with Crippen LogP contribution in [0.15, 0.2) is 6.20 Å². The maximum absolute atomic E-state index is 4.24. The van der Waals surface area contributed by atoms with Crippen molar-refractivity contribution in [1.29, 1.82) is 0 Å². The van der Waals surface area contributed by atoms with Crippen LogP contribution in [-0.2, 0) is 7.05 Å². The molecular formula is C9H17N3. The standard InChI is InChI=1S/C9H17N3/c1-7(2)5-10-9-6-12(4)11-8(9)3/h6-7,10H,5H2,1-4H3. The minimum atomic E-state index is 0.671. The van der Waals surface area contributed by atoms with E-state index >= 15 is 0 Å². The Morgan fingerprint density at radius 2 is 2.25 bits per heavy atom. The van der Waals surface area contributed by atoms with Gasteiger partial charge in [-0.3, -0.25) is 4.68 Å². The van der Waals surface area contributed by atoms with Crippen molar-refractivity contribution in [3.05, 3.63) is 11.9 Å². The van der Waals surface area contributed by atoms with Gasteiger partial charge in [-0.25, -0.2) is 0 Å². The van der Waals surface area contributed by atoms with Gasteiger partial charge in [-0.1, -0.05) is 13.8 Å². The van der Waals surface area contributed by atoms with Gasteiger partial charge >= 0.3 is 0 Å². The summed E-state index contributed by atoms with van der Waals surface area (Å²) in [5, 5.41) is 7.59. The summed E-state index contributed by atoms with van der Waals surface area (Å²) in [6.07, 6.45) is 2.01. The molecule has 1 aromatic rings. The first-order valence-electron chi connectivity index (χ1n) is 4.33. The molecule has 0 aromatic carbocycles. The predicted molar refractivity (Wildman–Crippen MR) is 51.3 cm³/mol. The Morgan fingerprint density at radius 3 is 2.67 bits per heavy atom. The number of hydrogen-bond donors (Lipinski definition) is 1. The van der Waals surface area contributed by atoms with E-state index in [1.54, 1.807) is 0 Å². The molecule has 0 radical (unpaired) electrons. The highest BCUT2D eigenvalue weighted by Gasteiger charge is 2.01. The van der Waals surface area contributed by atoms with Gasteiger partial charge < -0.3 is 5.32 Å². The van der Waals surface area contributed by atoms with Crippen molar-refractivity contribution in [2.24, 2.45) is 13.0 Å². The van der Waals surface area contributed by atoms with Crippen molar-refractivity contribution < 1.29 is 0 Å². The summed E-state index contributed by atoms with van der Waals surface area (Å²) < 4.78 is 1.83. The fourth-order valence-electron chi connectivity index (χ4n) is 1.09. The van der Waals surface area contributed by atoms with Gasteiger partial charge in [0.05, 0.1) is 11.4 Å². The topological polar surface area (TPSA) is 29.9 Å². The van der Waals surface area contributed by atoms with Crippen molar-refractivity contribution >= 4 is 5.69 Å². The lowest BCUT2D eigenvalue weighted by Gasteiger charge is -2.06. The van der Waals surface area contributed by atoms with Crippen molar-refractivity contribution in [3.8, 4) is 0 Å². The Bertz CT molecular complexity index is 250. The van der Waals surface area contributed by atoms with Gasteiger partial charge in [0.25, 0.3) is 0 Å². The molecule has 1 aromatic heterocycles. The Hall–Kier alpha value is -0.990. The van der Waals surface area contributed by atoms with Crippen molar-refractivity contribution in [2.75, 3.05) is 11.9 Å². The van der Waals surface area contributed by atoms with Gasteiger partial charge in [0.15, 0.2) is 0 Å². The molecule has 0 aliphatic carbocycles. The quantitative estimate of drug-likeness (QED) is 0.744. The summed E-state index contributed by atoms with van der Waals surface area (Å²) in [7, 11) is 1.94. The van der Waals surface area contributed by atoms with E-state index in [0.717, 1.165) is 17.9 Å². The molecule has 0 atom stereocenters. The third-order valence-corrected chi connectivity index (χ3v) is 1.71. The Kier molecular flexibility index (Phi) is 2.74. The van der Waals surface area contributed by atoms with E-state index < -0.39 is 0 Å². The largest absolute Gasteiger partial charge is 0.382 e. The highest BCUT2D eigenvalue weighted by atomic mass is 15.3. The second kappa shape index (κ2) is 3.61. The molecule has 0 spiro atoms. The molecule has 0 aliphatic rings. The monoisotopic (exact) mass is 167 g/mol. The van der Waals surface area contributed by atoms with E-state index in [2.05, 4.69) is 24.3 Å². The molecule has 12 heavy (non-hydrogen) atoms. The van der Waals surface area contributed by atoms with E-state index in [1.807, 2.05) is 24.9 Å². The smallest absolute Gasteiger partial charge is 0.0824 e. The fourth-order valence-corrected chi connectivity index (χ4v) is 1.09. The molecule has 0 saturated carbocycles. The van der Waals surface area contributed by atoms with E-state index in [9.17, 15) is 0 Å². The van der Waals surface area contributed by atoms with Crippen molar-refractivity contribution in [3.63, 3.8) is 0 Å². The number of anilines is 1. The summed E-state index contributed by atoms with van der Waals surface area (Å²) >= 11 is 0. The fraction of sp³-hybridized carbons (Fsp3) is 0.667. The highest BCUT2D eigenvalue weighted by molar-refractivity contribution is 5.45. The summed E-state index contributed by atoms with van der Waals surface area (Å²) in [4.78, 5) is 0. The zero-order valence-corrected chi connectivity index (χ0v) is 8.26. The highest BCUT2D eigenvalue weighted by Crippen LogP contribution is 2.11. The molecule has 1 N–H and O–H groups in total. The first-order chi connectivity index (χ1) is 5.59. The summed E-state index contributed by atoms with van der Waals surface area (Å²) in [6.45, 7) is 7.41. The molecule has 68 valence electrons. The maximum Gasteiger partial charge on any atom is 0.0824 e. The molecule has 0 saturated heterocycles. The van der Waals surface area contributed by atoms with Gasteiger partial charge in [0.1, 0.15) is 0 Å². The van der Waals surface area contributed by atoms with Gasteiger partial charge in [-0.05, 0) is 12.8 Å². The van der Waals surface area contributed by atoms with Crippen LogP contribution >= 0.6 is 0 Å². The van der Waals surface area contributed by atoms with Gasteiger partial charge in [0.2, 0.25) is 0 Å². The van der Waals surface area contributed by atoms with E-state index in [1.165, 1.54) is 0 Å². The normalized spacial score (nSPS) is 10.8. The van der Waals surface area contributed by atoms with Crippen LogP contribution in [0.4, 0.5) is 5.69 Å². The summed E-state index contributed by atoms with van der Waals surface area (Å²) in [5.41, 5.74) is 2.21. The predicted octanol–water partition coefficient (Wildman–Crippen LogP) is 1.80. The van der Waals surface area contributed by atoms with Gasteiger partial charge in [-0.2, -0.15) is 5.10 Å². The van der Waals surface area contributed by atoms with Crippen LogP contribution in [0.3, 0.4) is 0 Å². The molecule has 3 heteroatoms. The van der Waals surface area contributed by atoms with Crippen LogP contribution in [0.2, 0.25) is 0 Å². The Labute approximate surface area is 73.8 Å². The number of aromatic nitrogens is 2. The second-order valence-corrected chi connectivity index (χ2v) is 3.58. The maximum atomic E-state index is 4.24. The summed E-state index contributed by atoms with van der Waals surface area (Å²) in [6, 6.07) is 0. The zero-order valence-electron chi connectivity index (χ0n) is 8.26. The van der Waals surface area contributed by atoms with Crippen LogP contribution < -0.4 is 5.32 Å². The van der Waals surface area contributed by atoms with Gasteiger partial charge in [0, 0.05) is 19.8 Å². The Morgan fingerprint density at radius 1 is 1.58 bits per heavy atom. The van der Waals surface area contributed by atoms with Gasteiger partial charge in [-0.15, -0.1) is 0 Å². The molecule has 0 fully saturated rings. The lowest BCUT2D eigenvalue weighted by Crippen LogP contribution is -2.07. The molecule has 0 unspecified atom stereocenters. The number of nitrogens with zero attached hydrogens (tertiary/aromatic N) is 2. The van der Waals surface area contributed by atoms with Crippen LogP contribution in [0.5, 0.6) is 0 Å². The van der Waals surface area contributed by atoms with Crippen molar-refractivity contribution in [1.82, 2.24) is 9.78 Å². The number of aryl methyl sites for hydroxylation is 2. The first-order valence-corrected chi connectivity index (χ1v) is 4.33. The van der Waals surface area contributed by atoms with E-state index in [0.29, 0.717) is 5.92 Å². The molecule has 0 aliphatic heterocycles. The minimum absolute atomic E-state index is 0.671. The molecule has 1 heterocycles. The molecule has 0 amide bonds. The average Bonchev–Trinajstić information content (AvgIpc) is 2.26. The third-order valence-electron chi connectivity index (χ3n) is 1.71. The second-order valence-electron chi connectivity index (χ2n) is 3.58. The minimum Gasteiger partial charge on any atom is -0.382 e. The van der Waals surface area contributed by atoms with Crippen LogP contribution in [-0.4, -0.2) is 16.3 Å². The first kappa shape index (κ1) is 9.10.